The highest BCUT2D eigenvalue weighted by molar-refractivity contribution is 5.32. The van der Waals surface area contributed by atoms with Gasteiger partial charge >= 0.3 is 0 Å². The first kappa shape index (κ1) is 13.7. The van der Waals surface area contributed by atoms with E-state index in [-0.39, 0.29) is 6.61 Å². The highest BCUT2D eigenvalue weighted by Crippen LogP contribution is 2.08. The van der Waals surface area contributed by atoms with Crippen molar-refractivity contribution in [2.24, 2.45) is 0 Å². The molecule has 0 radical (unpaired) electrons. The molecule has 0 atom stereocenters. The number of rotatable bonds is 7. The van der Waals surface area contributed by atoms with E-state index in [9.17, 15) is 0 Å². The van der Waals surface area contributed by atoms with Gasteiger partial charge in [-0.05, 0) is 30.7 Å². The molecule has 0 fully saturated rings. The molecule has 0 aliphatic rings. The maximum absolute atomic E-state index is 9.02. The fourth-order valence-corrected chi connectivity index (χ4v) is 1.79. The summed E-state index contributed by atoms with van der Waals surface area (Å²) < 4.78 is 0. The first-order valence-corrected chi connectivity index (χ1v) is 6.12. The first-order valence-electron chi connectivity index (χ1n) is 6.12. The van der Waals surface area contributed by atoms with Crippen LogP contribution >= 0.6 is 0 Å². The lowest BCUT2D eigenvalue weighted by Gasteiger charge is -2.21. The minimum atomic E-state index is 0.182. The molecule has 0 heterocycles. The predicted octanol–water partition coefficient (Wildman–Crippen LogP) is 2.15. The highest BCUT2D eigenvalue weighted by Gasteiger charge is 2.05. The Morgan fingerprint density at radius 2 is 2.18 bits per heavy atom. The number of aliphatic hydroxyl groups is 1. The van der Waals surface area contributed by atoms with Crippen molar-refractivity contribution < 1.29 is 5.11 Å². The molecule has 0 amide bonds. The lowest BCUT2D eigenvalue weighted by Crippen LogP contribution is -2.27. The molecule has 0 saturated carbocycles. The maximum atomic E-state index is 9.02. The Balaban J connectivity index is 2.61. The van der Waals surface area contributed by atoms with Crippen molar-refractivity contribution in [2.45, 2.75) is 26.3 Å². The van der Waals surface area contributed by atoms with E-state index in [0.717, 1.165) is 31.5 Å². The predicted molar refractivity (Wildman–Crippen MR) is 68.4 cm³/mol. The van der Waals surface area contributed by atoms with E-state index in [2.05, 4.69) is 17.9 Å². The molecular formula is C14H20N2O. The Kier molecular flexibility index (Phi) is 6.31. The topological polar surface area (TPSA) is 47.3 Å². The molecule has 0 aromatic heterocycles. The van der Waals surface area contributed by atoms with Gasteiger partial charge in [-0.15, -0.1) is 0 Å². The van der Waals surface area contributed by atoms with Crippen LogP contribution in [0.1, 0.15) is 30.9 Å². The van der Waals surface area contributed by atoms with Gasteiger partial charge in [0.1, 0.15) is 0 Å². The Morgan fingerprint density at radius 3 is 2.82 bits per heavy atom. The highest BCUT2D eigenvalue weighted by atomic mass is 16.3. The second kappa shape index (κ2) is 7.83. The molecule has 1 N–H and O–H groups in total. The van der Waals surface area contributed by atoms with E-state index in [1.54, 1.807) is 0 Å². The van der Waals surface area contributed by atoms with E-state index < -0.39 is 0 Å². The zero-order valence-corrected chi connectivity index (χ0v) is 10.4. The molecule has 1 aromatic carbocycles. The fourth-order valence-electron chi connectivity index (χ4n) is 1.79. The van der Waals surface area contributed by atoms with Crippen molar-refractivity contribution in [3.05, 3.63) is 35.4 Å². The second-order valence-electron chi connectivity index (χ2n) is 4.17. The summed E-state index contributed by atoms with van der Waals surface area (Å²) in [5, 5.41) is 17.9. The minimum Gasteiger partial charge on any atom is -0.395 e. The summed E-state index contributed by atoms with van der Waals surface area (Å²) >= 11 is 0. The molecule has 0 aliphatic heterocycles. The van der Waals surface area contributed by atoms with E-state index in [1.165, 1.54) is 0 Å². The van der Waals surface area contributed by atoms with Crippen molar-refractivity contribution in [1.82, 2.24) is 4.90 Å². The monoisotopic (exact) mass is 232 g/mol. The summed E-state index contributed by atoms with van der Waals surface area (Å²) in [6.45, 7) is 4.83. The lowest BCUT2D eigenvalue weighted by atomic mass is 10.1. The van der Waals surface area contributed by atoms with Crippen LogP contribution in [0.2, 0.25) is 0 Å². The van der Waals surface area contributed by atoms with Gasteiger partial charge in [-0.3, -0.25) is 4.90 Å². The van der Waals surface area contributed by atoms with Crippen LogP contribution in [-0.4, -0.2) is 29.7 Å². The Labute approximate surface area is 103 Å². The fraction of sp³-hybridized carbons (Fsp3) is 0.500. The summed E-state index contributed by atoms with van der Waals surface area (Å²) in [7, 11) is 0. The number of hydrogen-bond donors (Lipinski definition) is 1. The molecule has 1 rings (SSSR count). The molecule has 0 bridgehead atoms. The van der Waals surface area contributed by atoms with Crippen molar-refractivity contribution in [1.29, 1.82) is 5.26 Å². The van der Waals surface area contributed by atoms with Gasteiger partial charge in [-0.1, -0.05) is 25.5 Å². The molecule has 1 aromatic rings. The molecular weight excluding hydrogens is 212 g/mol. The third-order valence-electron chi connectivity index (χ3n) is 2.71. The van der Waals surface area contributed by atoms with E-state index in [4.69, 9.17) is 10.4 Å². The zero-order chi connectivity index (χ0) is 12.5. The normalized spacial score (nSPS) is 10.5. The second-order valence-corrected chi connectivity index (χ2v) is 4.17. The third-order valence-corrected chi connectivity index (χ3v) is 2.71. The van der Waals surface area contributed by atoms with Crippen molar-refractivity contribution in [3.8, 4) is 6.07 Å². The van der Waals surface area contributed by atoms with Gasteiger partial charge in [-0.25, -0.2) is 0 Å². The van der Waals surface area contributed by atoms with Gasteiger partial charge in [0.25, 0.3) is 0 Å². The minimum absolute atomic E-state index is 0.182. The molecule has 92 valence electrons. The third kappa shape index (κ3) is 4.99. The van der Waals surface area contributed by atoms with E-state index >= 15 is 0 Å². The zero-order valence-electron chi connectivity index (χ0n) is 10.4. The number of benzene rings is 1. The van der Waals surface area contributed by atoms with Crippen LogP contribution in [0.3, 0.4) is 0 Å². The molecule has 0 aliphatic carbocycles. The van der Waals surface area contributed by atoms with Crippen LogP contribution < -0.4 is 0 Å². The number of nitrogens with zero attached hydrogens (tertiary/aromatic N) is 2. The molecule has 3 nitrogen and oxygen atoms in total. The van der Waals surface area contributed by atoms with Gasteiger partial charge in [0.2, 0.25) is 0 Å². The van der Waals surface area contributed by atoms with Gasteiger partial charge in [-0.2, -0.15) is 5.26 Å². The van der Waals surface area contributed by atoms with E-state index in [0.29, 0.717) is 12.1 Å². The lowest BCUT2D eigenvalue weighted by molar-refractivity contribution is 0.188. The maximum Gasteiger partial charge on any atom is 0.0991 e. The van der Waals surface area contributed by atoms with Gasteiger partial charge in [0.05, 0.1) is 18.2 Å². The number of aliphatic hydroxyl groups excluding tert-OH is 1. The quantitative estimate of drug-likeness (QED) is 0.783. The van der Waals surface area contributed by atoms with E-state index in [1.807, 2.05) is 24.3 Å². The molecule has 17 heavy (non-hydrogen) atoms. The average molecular weight is 232 g/mol. The van der Waals surface area contributed by atoms with Crippen molar-refractivity contribution in [2.75, 3.05) is 19.7 Å². The van der Waals surface area contributed by atoms with Gasteiger partial charge in [0, 0.05) is 13.1 Å². The van der Waals surface area contributed by atoms with Crippen molar-refractivity contribution >= 4 is 0 Å². The van der Waals surface area contributed by atoms with Gasteiger partial charge in [0.15, 0.2) is 0 Å². The number of unbranched alkanes of at least 4 members (excludes halogenated alkanes) is 1. The average Bonchev–Trinajstić information content (AvgIpc) is 2.36. The van der Waals surface area contributed by atoms with Crippen molar-refractivity contribution in [3.63, 3.8) is 0 Å². The van der Waals surface area contributed by atoms with Crippen LogP contribution in [0.5, 0.6) is 0 Å². The Morgan fingerprint density at radius 1 is 1.35 bits per heavy atom. The molecule has 3 heteroatoms. The summed E-state index contributed by atoms with van der Waals surface area (Å²) in [6.07, 6.45) is 2.29. The number of nitriles is 1. The molecule has 0 saturated heterocycles. The smallest absolute Gasteiger partial charge is 0.0991 e. The number of hydrogen-bond acceptors (Lipinski definition) is 3. The van der Waals surface area contributed by atoms with Crippen LogP contribution in [-0.2, 0) is 6.54 Å². The first-order chi connectivity index (χ1) is 8.30. The van der Waals surface area contributed by atoms with Crippen LogP contribution in [0.4, 0.5) is 0 Å². The molecule has 0 unspecified atom stereocenters. The Bertz CT molecular complexity index is 371. The SMILES string of the molecule is CCCCN(CCO)Cc1cccc(C#N)c1. The largest absolute Gasteiger partial charge is 0.395 e. The van der Waals surface area contributed by atoms with Crippen LogP contribution in [0.15, 0.2) is 24.3 Å². The Hall–Kier alpha value is -1.37. The van der Waals surface area contributed by atoms with Gasteiger partial charge < -0.3 is 5.11 Å². The molecule has 0 spiro atoms. The standard InChI is InChI=1S/C14H20N2O/c1-2-3-7-16(8-9-17)12-14-6-4-5-13(10-14)11-15/h4-6,10,17H,2-3,7-9,12H2,1H3. The van der Waals surface area contributed by atoms with Crippen LogP contribution in [0.25, 0.3) is 0 Å². The summed E-state index contributed by atoms with van der Waals surface area (Å²) in [5.41, 5.74) is 1.83. The summed E-state index contributed by atoms with van der Waals surface area (Å²) in [4.78, 5) is 2.22. The van der Waals surface area contributed by atoms with Crippen LogP contribution in [0, 0.1) is 11.3 Å². The summed E-state index contributed by atoms with van der Waals surface area (Å²) in [6, 6.07) is 9.80. The summed E-state index contributed by atoms with van der Waals surface area (Å²) in [5.74, 6) is 0.